The second-order valence-corrected chi connectivity index (χ2v) is 5.08. The number of benzene rings is 2. The van der Waals surface area contributed by atoms with Crippen molar-refractivity contribution in [2.75, 3.05) is 14.2 Å². The Morgan fingerprint density at radius 1 is 1.04 bits per heavy atom. The summed E-state index contributed by atoms with van der Waals surface area (Å²) in [5, 5.41) is 0. The molecule has 0 heterocycles. The minimum atomic E-state index is -0.395. The van der Waals surface area contributed by atoms with E-state index in [-0.39, 0.29) is 6.61 Å². The van der Waals surface area contributed by atoms with E-state index in [2.05, 4.69) is 0 Å². The van der Waals surface area contributed by atoms with Crippen LogP contribution in [0.1, 0.15) is 16.7 Å². The van der Waals surface area contributed by atoms with E-state index in [9.17, 15) is 4.79 Å². The third-order valence-corrected chi connectivity index (χ3v) is 3.25. The summed E-state index contributed by atoms with van der Waals surface area (Å²) in [5.41, 5.74) is 2.90. The largest absolute Gasteiger partial charge is 0.497 e. The lowest BCUT2D eigenvalue weighted by atomic mass is 10.1. The summed E-state index contributed by atoms with van der Waals surface area (Å²) in [6.45, 7) is 2.26. The first kappa shape index (κ1) is 16.6. The molecule has 0 aliphatic heterocycles. The predicted octanol–water partition coefficient (Wildman–Crippen LogP) is 3.77. The van der Waals surface area contributed by atoms with Crippen molar-refractivity contribution in [1.29, 1.82) is 0 Å². The minimum Gasteiger partial charge on any atom is -0.497 e. The van der Waals surface area contributed by atoms with Gasteiger partial charge in [-0.15, -0.1) is 0 Å². The van der Waals surface area contributed by atoms with Crippen LogP contribution in [0.2, 0.25) is 0 Å². The summed E-state index contributed by atoms with van der Waals surface area (Å²) < 4.78 is 15.6. The van der Waals surface area contributed by atoms with Crippen molar-refractivity contribution in [3.05, 3.63) is 65.2 Å². The maximum absolute atomic E-state index is 11.8. The Morgan fingerprint density at radius 2 is 1.74 bits per heavy atom. The van der Waals surface area contributed by atoms with Gasteiger partial charge in [0.2, 0.25) is 0 Å². The second kappa shape index (κ2) is 8.03. The summed E-state index contributed by atoms with van der Waals surface area (Å²) >= 11 is 0. The van der Waals surface area contributed by atoms with Gasteiger partial charge in [0.1, 0.15) is 18.1 Å². The highest BCUT2D eigenvalue weighted by Gasteiger charge is 2.02. The highest BCUT2D eigenvalue weighted by molar-refractivity contribution is 5.87. The van der Waals surface area contributed by atoms with Crippen LogP contribution in [-0.4, -0.2) is 20.2 Å². The number of ether oxygens (including phenoxy) is 3. The lowest BCUT2D eigenvalue weighted by Crippen LogP contribution is -2.00. The molecule has 0 aliphatic carbocycles. The van der Waals surface area contributed by atoms with Gasteiger partial charge < -0.3 is 14.2 Å². The van der Waals surface area contributed by atoms with Crippen LogP contribution in [0.4, 0.5) is 0 Å². The standard InChI is InChI=1S/C19H20O4/c1-14-5-4-6-16(9-14)13-23-19(20)8-7-15-10-17(21-2)12-18(11-15)22-3/h4-12H,13H2,1-3H3/b8-7+. The molecule has 2 aromatic carbocycles. The van der Waals surface area contributed by atoms with Crippen LogP contribution < -0.4 is 9.47 Å². The zero-order chi connectivity index (χ0) is 16.7. The van der Waals surface area contributed by atoms with Crippen LogP contribution in [0.25, 0.3) is 6.08 Å². The Kier molecular flexibility index (Phi) is 5.80. The molecule has 0 fully saturated rings. The summed E-state index contributed by atoms with van der Waals surface area (Å²) in [4.78, 5) is 11.8. The molecule has 120 valence electrons. The lowest BCUT2D eigenvalue weighted by molar-refractivity contribution is -0.138. The van der Waals surface area contributed by atoms with Gasteiger partial charge in [-0.25, -0.2) is 4.79 Å². The number of esters is 1. The Labute approximate surface area is 136 Å². The van der Waals surface area contributed by atoms with Gasteiger partial charge in [-0.05, 0) is 36.3 Å². The third kappa shape index (κ3) is 5.18. The normalized spacial score (nSPS) is 10.6. The van der Waals surface area contributed by atoms with E-state index in [1.165, 1.54) is 6.08 Å². The molecule has 0 atom stereocenters. The zero-order valence-electron chi connectivity index (χ0n) is 13.5. The molecule has 2 aromatic rings. The molecule has 0 saturated heterocycles. The summed E-state index contributed by atoms with van der Waals surface area (Å²) in [6, 6.07) is 13.3. The molecule has 0 saturated carbocycles. The molecule has 23 heavy (non-hydrogen) atoms. The molecular formula is C19H20O4. The molecule has 4 nitrogen and oxygen atoms in total. The van der Waals surface area contributed by atoms with E-state index < -0.39 is 5.97 Å². The van der Waals surface area contributed by atoms with E-state index >= 15 is 0 Å². The van der Waals surface area contributed by atoms with Gasteiger partial charge in [-0.1, -0.05) is 29.8 Å². The number of rotatable bonds is 6. The quantitative estimate of drug-likeness (QED) is 0.601. The molecular weight excluding hydrogens is 292 g/mol. The van der Waals surface area contributed by atoms with Crippen molar-refractivity contribution in [3.63, 3.8) is 0 Å². The Bertz CT molecular complexity index is 682. The van der Waals surface area contributed by atoms with Crippen molar-refractivity contribution in [2.45, 2.75) is 13.5 Å². The van der Waals surface area contributed by atoms with Crippen LogP contribution >= 0.6 is 0 Å². The van der Waals surface area contributed by atoms with Crippen LogP contribution in [0.3, 0.4) is 0 Å². The maximum atomic E-state index is 11.8. The Morgan fingerprint density at radius 3 is 2.35 bits per heavy atom. The molecule has 0 bridgehead atoms. The van der Waals surface area contributed by atoms with Gasteiger partial charge in [-0.2, -0.15) is 0 Å². The van der Waals surface area contributed by atoms with Crippen molar-refractivity contribution >= 4 is 12.0 Å². The Balaban J connectivity index is 1.98. The Hall–Kier alpha value is -2.75. The molecule has 4 heteroatoms. The first-order valence-corrected chi connectivity index (χ1v) is 7.24. The first-order chi connectivity index (χ1) is 11.1. The number of methoxy groups -OCH3 is 2. The van der Waals surface area contributed by atoms with E-state index in [4.69, 9.17) is 14.2 Å². The topological polar surface area (TPSA) is 44.8 Å². The lowest BCUT2D eigenvalue weighted by Gasteiger charge is -2.06. The number of aryl methyl sites for hydroxylation is 1. The molecule has 0 spiro atoms. The molecule has 0 radical (unpaired) electrons. The fraction of sp³-hybridized carbons (Fsp3) is 0.211. The summed E-state index contributed by atoms with van der Waals surface area (Å²) in [5.74, 6) is 0.933. The number of carbonyl (C=O) groups excluding carboxylic acids is 1. The second-order valence-electron chi connectivity index (χ2n) is 5.08. The van der Waals surface area contributed by atoms with Gasteiger partial charge in [0.25, 0.3) is 0 Å². The fourth-order valence-electron chi connectivity index (χ4n) is 2.09. The first-order valence-electron chi connectivity index (χ1n) is 7.24. The van der Waals surface area contributed by atoms with Crippen LogP contribution in [0, 0.1) is 6.92 Å². The van der Waals surface area contributed by atoms with Crippen molar-refractivity contribution in [3.8, 4) is 11.5 Å². The maximum Gasteiger partial charge on any atom is 0.331 e. The van der Waals surface area contributed by atoms with Crippen molar-refractivity contribution in [2.24, 2.45) is 0 Å². The van der Waals surface area contributed by atoms with Crippen molar-refractivity contribution in [1.82, 2.24) is 0 Å². The average Bonchev–Trinajstić information content (AvgIpc) is 2.57. The van der Waals surface area contributed by atoms with E-state index in [0.29, 0.717) is 11.5 Å². The highest BCUT2D eigenvalue weighted by atomic mass is 16.5. The monoisotopic (exact) mass is 312 g/mol. The summed E-state index contributed by atoms with van der Waals surface area (Å²) in [7, 11) is 3.16. The molecule has 0 aromatic heterocycles. The zero-order valence-corrected chi connectivity index (χ0v) is 13.5. The average molecular weight is 312 g/mol. The van der Waals surface area contributed by atoms with E-state index in [0.717, 1.165) is 16.7 Å². The fourth-order valence-corrected chi connectivity index (χ4v) is 2.09. The van der Waals surface area contributed by atoms with Crippen molar-refractivity contribution < 1.29 is 19.0 Å². The summed E-state index contributed by atoms with van der Waals surface area (Å²) in [6.07, 6.45) is 3.06. The smallest absolute Gasteiger partial charge is 0.331 e. The SMILES string of the molecule is COc1cc(/C=C/C(=O)OCc2cccc(C)c2)cc(OC)c1. The molecule has 0 amide bonds. The third-order valence-electron chi connectivity index (χ3n) is 3.25. The van der Waals surface area contributed by atoms with Gasteiger partial charge in [-0.3, -0.25) is 0 Å². The molecule has 0 N–H and O–H groups in total. The number of carbonyl (C=O) groups is 1. The van der Waals surface area contributed by atoms with E-state index in [1.54, 1.807) is 26.4 Å². The van der Waals surface area contributed by atoms with Crippen LogP contribution in [0.5, 0.6) is 11.5 Å². The van der Waals surface area contributed by atoms with Crippen LogP contribution in [-0.2, 0) is 16.1 Å². The number of hydrogen-bond acceptors (Lipinski definition) is 4. The van der Waals surface area contributed by atoms with Gasteiger partial charge in [0.15, 0.2) is 0 Å². The van der Waals surface area contributed by atoms with Gasteiger partial charge >= 0.3 is 5.97 Å². The molecule has 0 aliphatic rings. The minimum absolute atomic E-state index is 0.256. The molecule has 0 unspecified atom stereocenters. The highest BCUT2D eigenvalue weighted by Crippen LogP contribution is 2.23. The van der Waals surface area contributed by atoms with Crippen LogP contribution in [0.15, 0.2) is 48.5 Å². The van der Waals surface area contributed by atoms with Gasteiger partial charge in [0, 0.05) is 12.1 Å². The molecule has 2 rings (SSSR count). The van der Waals surface area contributed by atoms with Gasteiger partial charge in [0.05, 0.1) is 14.2 Å². The number of hydrogen-bond donors (Lipinski definition) is 0. The van der Waals surface area contributed by atoms with E-state index in [1.807, 2.05) is 43.3 Å². The predicted molar refractivity (Wildman–Crippen MR) is 89.6 cm³/mol.